The fraction of sp³-hybridized carbons (Fsp3) is 0.0233. The second-order valence-corrected chi connectivity index (χ2v) is 23.5. The number of methoxy groups -OCH3 is 1. The minimum atomic E-state index is 0.875. The third-order valence-electron chi connectivity index (χ3n) is 18.5. The van der Waals surface area contributed by atoms with Gasteiger partial charge in [0.1, 0.15) is 5.75 Å². The molecule has 0 saturated carbocycles. The van der Waals surface area contributed by atoms with Crippen molar-refractivity contribution in [3.8, 4) is 61.6 Å². The lowest BCUT2D eigenvalue weighted by Crippen LogP contribution is -1.94. The van der Waals surface area contributed by atoms with Crippen LogP contribution in [0.15, 0.2) is 315 Å². The molecule has 18 aromatic rings. The van der Waals surface area contributed by atoms with Crippen LogP contribution in [0.1, 0.15) is 5.56 Å². The zero-order chi connectivity index (χ0) is 59.1. The number of benzene rings is 16. The number of fused-ring (bicyclic) bond motifs is 12. The van der Waals surface area contributed by atoms with E-state index in [1.807, 2.05) is 6.07 Å². The molecule has 0 radical (unpaired) electrons. The summed E-state index contributed by atoms with van der Waals surface area (Å²) in [7, 11) is 1.72. The molecule has 0 spiro atoms. The van der Waals surface area contributed by atoms with Crippen LogP contribution in [0, 0.1) is 6.92 Å². The summed E-state index contributed by atoms with van der Waals surface area (Å²) < 4.78 is 10.2. The lowest BCUT2D eigenvalue weighted by Gasteiger charge is -2.18. The minimum absolute atomic E-state index is 0.875. The summed E-state index contributed by atoms with van der Waals surface area (Å²) in [5, 5.41) is 20.2. The monoisotopic (exact) mass is 1130 g/mol. The largest absolute Gasteiger partial charge is 0.497 e. The summed E-state index contributed by atoms with van der Waals surface area (Å²) in [5.74, 6) is 0.875. The smallest absolute Gasteiger partial charge is 0.119 e. The molecule has 0 atom stereocenters. The molecule has 3 heteroatoms. The predicted octanol–water partition coefficient (Wildman–Crippen LogP) is 23.5. The Labute approximate surface area is 515 Å². The van der Waals surface area contributed by atoms with Gasteiger partial charge in [-0.05, 0) is 189 Å². The van der Waals surface area contributed by atoms with Gasteiger partial charge in [-0.1, -0.05) is 248 Å². The minimum Gasteiger partial charge on any atom is -0.497 e. The molecular formula is C86H58N2O. The average molecular weight is 1140 g/mol. The van der Waals surface area contributed by atoms with Crippen LogP contribution >= 0.6 is 0 Å². The molecule has 0 aliphatic heterocycles. The first-order valence-electron chi connectivity index (χ1n) is 30.7. The maximum atomic E-state index is 5.47. The van der Waals surface area contributed by atoms with Crippen LogP contribution in [0.3, 0.4) is 0 Å². The summed E-state index contributed by atoms with van der Waals surface area (Å²) in [4.78, 5) is 0. The van der Waals surface area contributed by atoms with Gasteiger partial charge in [0, 0.05) is 32.9 Å². The molecule has 0 unspecified atom stereocenters. The molecule has 418 valence electrons. The first-order chi connectivity index (χ1) is 44.0. The van der Waals surface area contributed by atoms with Gasteiger partial charge in [0.15, 0.2) is 0 Å². The standard InChI is InChI=1S/C43H29NO.C43H29N/c1-45-33-25-22-29-26-31(19-18-30(29)27-33)43-38-14-4-2-12-36(38)42(37-13-3-5-15-39(37)43)28-20-23-32(24-21-28)44-40-16-8-6-10-34(40)35-11-7-9-17-41(35)44;1-28-18-19-31-27-32(21-20-30(31)26-28)43-38-14-4-2-12-36(38)42(37-13-3-5-15-39(37)43)29-22-24-33(25-23-29)44-40-16-8-6-10-34(40)35-11-7-9-17-41(35)44/h2-27H,1H3;2-27H,1H3. The second-order valence-electron chi connectivity index (χ2n) is 23.5. The van der Waals surface area contributed by atoms with Crippen LogP contribution in [-0.4, -0.2) is 16.2 Å². The first-order valence-corrected chi connectivity index (χ1v) is 30.7. The quantitative estimate of drug-likeness (QED) is 0.146. The molecule has 0 aliphatic rings. The van der Waals surface area contributed by atoms with Gasteiger partial charge in [-0.3, -0.25) is 0 Å². The van der Waals surface area contributed by atoms with Crippen molar-refractivity contribution >= 4 is 108 Å². The molecule has 89 heavy (non-hydrogen) atoms. The van der Waals surface area contributed by atoms with Gasteiger partial charge in [-0.2, -0.15) is 0 Å². The lowest BCUT2D eigenvalue weighted by molar-refractivity contribution is 0.415. The SMILES string of the molecule is COc1ccc2cc(-c3c4ccccc4c(-c4ccc(-n5c6ccccc6c6ccccc65)cc4)c4ccccc34)ccc2c1.Cc1ccc2cc(-c3c4ccccc4c(-c4ccc(-n5c6ccccc6c6ccccc65)cc4)c4ccccc34)ccc2c1. The highest BCUT2D eigenvalue weighted by Crippen LogP contribution is 2.47. The van der Waals surface area contributed by atoms with Gasteiger partial charge < -0.3 is 13.9 Å². The van der Waals surface area contributed by atoms with Crippen LogP contribution in [-0.2, 0) is 0 Å². The molecule has 16 aromatic carbocycles. The van der Waals surface area contributed by atoms with E-state index in [4.69, 9.17) is 4.74 Å². The Morgan fingerprint density at radius 1 is 0.225 bits per heavy atom. The normalized spacial score (nSPS) is 11.7. The van der Waals surface area contributed by atoms with Crippen LogP contribution in [0.4, 0.5) is 0 Å². The molecule has 0 aliphatic carbocycles. The molecular weight excluding hydrogens is 1080 g/mol. The van der Waals surface area contributed by atoms with Crippen molar-refractivity contribution in [2.45, 2.75) is 6.92 Å². The Kier molecular flexibility index (Phi) is 12.3. The Morgan fingerprint density at radius 2 is 0.483 bits per heavy atom. The Hall–Kier alpha value is -11.5. The van der Waals surface area contributed by atoms with Gasteiger partial charge in [-0.15, -0.1) is 0 Å². The summed E-state index contributed by atoms with van der Waals surface area (Å²) in [5.41, 5.74) is 18.5. The summed E-state index contributed by atoms with van der Waals surface area (Å²) in [6.45, 7) is 2.16. The van der Waals surface area contributed by atoms with Crippen LogP contribution in [0.5, 0.6) is 5.75 Å². The van der Waals surface area contributed by atoms with Crippen LogP contribution in [0.2, 0.25) is 0 Å². The van der Waals surface area contributed by atoms with Crippen molar-refractivity contribution in [3.63, 3.8) is 0 Å². The zero-order valence-corrected chi connectivity index (χ0v) is 49.3. The number of hydrogen-bond donors (Lipinski definition) is 0. The summed E-state index contributed by atoms with van der Waals surface area (Å²) >= 11 is 0. The Balaban J connectivity index is 0.000000138. The van der Waals surface area contributed by atoms with E-state index >= 15 is 0 Å². The highest BCUT2D eigenvalue weighted by atomic mass is 16.5. The van der Waals surface area contributed by atoms with E-state index in [1.54, 1.807) is 7.11 Å². The van der Waals surface area contributed by atoms with E-state index in [2.05, 4.69) is 325 Å². The number of aryl methyl sites for hydroxylation is 1. The number of hydrogen-bond acceptors (Lipinski definition) is 1. The zero-order valence-electron chi connectivity index (χ0n) is 49.3. The highest BCUT2D eigenvalue weighted by Gasteiger charge is 2.21. The molecule has 0 bridgehead atoms. The van der Waals surface area contributed by atoms with Crippen molar-refractivity contribution < 1.29 is 4.74 Å². The van der Waals surface area contributed by atoms with Gasteiger partial charge >= 0.3 is 0 Å². The molecule has 0 saturated heterocycles. The Bertz CT molecular complexity index is 5630. The van der Waals surface area contributed by atoms with Crippen molar-refractivity contribution in [2.75, 3.05) is 7.11 Å². The van der Waals surface area contributed by atoms with E-state index in [-0.39, 0.29) is 0 Å². The molecule has 18 rings (SSSR count). The van der Waals surface area contributed by atoms with E-state index in [0.717, 1.165) is 11.4 Å². The Morgan fingerprint density at radius 3 is 0.820 bits per heavy atom. The maximum Gasteiger partial charge on any atom is 0.119 e. The van der Waals surface area contributed by atoms with Crippen molar-refractivity contribution in [1.29, 1.82) is 0 Å². The van der Waals surface area contributed by atoms with E-state index < -0.39 is 0 Å². The van der Waals surface area contributed by atoms with Crippen LogP contribution in [0.25, 0.3) is 164 Å². The van der Waals surface area contributed by atoms with E-state index in [0.29, 0.717) is 0 Å². The maximum absolute atomic E-state index is 5.47. The number of aromatic nitrogens is 2. The van der Waals surface area contributed by atoms with Gasteiger partial charge in [0.05, 0.1) is 29.2 Å². The van der Waals surface area contributed by atoms with E-state index in [9.17, 15) is 0 Å². The summed E-state index contributed by atoms with van der Waals surface area (Å²) in [6, 6.07) is 115. The highest BCUT2D eigenvalue weighted by molar-refractivity contribution is 6.23. The predicted molar refractivity (Wildman–Crippen MR) is 380 cm³/mol. The van der Waals surface area contributed by atoms with Crippen molar-refractivity contribution in [2.24, 2.45) is 0 Å². The molecule has 3 nitrogen and oxygen atoms in total. The number of ether oxygens (including phenoxy) is 1. The molecule has 0 amide bonds. The summed E-state index contributed by atoms with van der Waals surface area (Å²) in [6.07, 6.45) is 0. The lowest BCUT2D eigenvalue weighted by atomic mass is 9.85. The van der Waals surface area contributed by atoms with E-state index in [1.165, 1.54) is 164 Å². The molecule has 2 aromatic heterocycles. The molecule has 2 heterocycles. The van der Waals surface area contributed by atoms with Crippen molar-refractivity contribution in [3.05, 3.63) is 321 Å². The average Bonchev–Trinajstić information content (AvgIpc) is 3.19. The number of para-hydroxylation sites is 4. The third-order valence-corrected chi connectivity index (χ3v) is 18.5. The van der Waals surface area contributed by atoms with Gasteiger partial charge in [0.2, 0.25) is 0 Å². The fourth-order valence-electron chi connectivity index (χ4n) is 14.5. The number of nitrogens with zero attached hydrogens (tertiary/aromatic N) is 2. The second kappa shape index (κ2) is 21.2. The topological polar surface area (TPSA) is 19.1 Å². The van der Waals surface area contributed by atoms with Gasteiger partial charge in [0.25, 0.3) is 0 Å². The van der Waals surface area contributed by atoms with Gasteiger partial charge in [-0.25, -0.2) is 0 Å². The number of rotatable bonds is 7. The molecule has 0 N–H and O–H groups in total. The van der Waals surface area contributed by atoms with Crippen LogP contribution < -0.4 is 4.74 Å². The van der Waals surface area contributed by atoms with Crippen molar-refractivity contribution in [1.82, 2.24) is 9.13 Å². The molecule has 0 fully saturated rings. The third kappa shape index (κ3) is 8.57. The first kappa shape index (κ1) is 51.9. The fourth-order valence-corrected chi connectivity index (χ4v) is 14.5.